The lowest BCUT2D eigenvalue weighted by atomic mass is 10.1. The van der Waals surface area contributed by atoms with Crippen LogP contribution in [0.2, 0.25) is 0 Å². The number of carbonyl (C=O) groups excluding carboxylic acids is 2. The van der Waals surface area contributed by atoms with Gasteiger partial charge in [-0.3, -0.25) is 9.59 Å². The average molecular weight is 318 g/mol. The molecule has 94 valence electrons. The first-order chi connectivity index (χ1) is 9.09. The first kappa shape index (κ1) is 11.9. The number of nitrogen functional groups attached to an aromatic ring is 1. The van der Waals surface area contributed by atoms with Crippen molar-refractivity contribution in [3.8, 4) is 0 Å². The van der Waals surface area contributed by atoms with Crippen LogP contribution in [0.5, 0.6) is 0 Å². The van der Waals surface area contributed by atoms with Crippen molar-refractivity contribution in [3.05, 3.63) is 52.1 Å². The number of anilines is 2. The summed E-state index contributed by atoms with van der Waals surface area (Å²) in [5, 5.41) is 0. The topological polar surface area (TPSA) is 76.3 Å². The third-order valence-corrected chi connectivity index (χ3v) is 3.37. The van der Waals surface area contributed by atoms with Crippen molar-refractivity contribution in [2.45, 2.75) is 0 Å². The summed E-state index contributed by atoms with van der Waals surface area (Å²) in [5.41, 5.74) is 6.77. The third kappa shape index (κ3) is 1.72. The molecule has 0 fully saturated rings. The van der Waals surface area contributed by atoms with E-state index in [9.17, 15) is 9.59 Å². The lowest BCUT2D eigenvalue weighted by Gasteiger charge is -2.14. The molecular weight excluding hydrogens is 310 g/mol. The highest BCUT2D eigenvalue weighted by Gasteiger charge is 2.38. The number of benzene rings is 1. The van der Waals surface area contributed by atoms with E-state index in [1.54, 1.807) is 30.3 Å². The van der Waals surface area contributed by atoms with Gasteiger partial charge in [0.1, 0.15) is 0 Å². The second-order valence-electron chi connectivity index (χ2n) is 4.05. The molecule has 0 atom stereocenters. The maximum atomic E-state index is 12.3. The zero-order valence-corrected chi connectivity index (χ0v) is 11.2. The summed E-state index contributed by atoms with van der Waals surface area (Å²) < 4.78 is 0.739. The highest BCUT2D eigenvalue weighted by Crippen LogP contribution is 2.31. The number of pyridine rings is 1. The molecule has 0 aliphatic carbocycles. The van der Waals surface area contributed by atoms with Gasteiger partial charge < -0.3 is 5.73 Å². The molecule has 1 aromatic carbocycles. The highest BCUT2D eigenvalue weighted by atomic mass is 79.9. The molecule has 2 N–H and O–H groups in total. The maximum absolute atomic E-state index is 12.3. The Bertz CT molecular complexity index is 715. The maximum Gasteiger partial charge on any atom is 0.267 e. The van der Waals surface area contributed by atoms with Gasteiger partial charge in [-0.25, -0.2) is 9.88 Å². The molecule has 0 unspecified atom stereocenters. The summed E-state index contributed by atoms with van der Waals surface area (Å²) >= 11 is 3.28. The van der Waals surface area contributed by atoms with E-state index in [4.69, 9.17) is 5.73 Å². The van der Waals surface area contributed by atoms with Crippen LogP contribution in [0.15, 0.2) is 41.0 Å². The number of hydrogen-bond acceptors (Lipinski definition) is 4. The molecule has 2 amide bonds. The molecule has 0 spiro atoms. The summed E-state index contributed by atoms with van der Waals surface area (Å²) in [7, 11) is 0. The molecular formula is C13H8BrN3O2. The van der Waals surface area contributed by atoms with Crippen LogP contribution < -0.4 is 10.6 Å². The molecule has 0 radical (unpaired) electrons. The molecule has 1 aliphatic heterocycles. The second kappa shape index (κ2) is 4.17. The number of fused-ring (bicyclic) bond motifs is 1. The van der Waals surface area contributed by atoms with Gasteiger partial charge >= 0.3 is 0 Å². The van der Waals surface area contributed by atoms with Crippen LogP contribution in [0.25, 0.3) is 0 Å². The second-order valence-corrected chi connectivity index (χ2v) is 4.97. The smallest absolute Gasteiger partial charge is 0.267 e. The van der Waals surface area contributed by atoms with Crippen molar-refractivity contribution in [3.63, 3.8) is 0 Å². The Morgan fingerprint density at radius 2 is 1.84 bits per heavy atom. The summed E-state index contributed by atoms with van der Waals surface area (Å²) in [6.07, 6.45) is 1.49. The van der Waals surface area contributed by atoms with Crippen LogP contribution >= 0.6 is 15.9 Å². The Labute approximate surface area is 117 Å². The van der Waals surface area contributed by atoms with E-state index in [-0.39, 0.29) is 11.5 Å². The van der Waals surface area contributed by atoms with Crippen molar-refractivity contribution in [1.29, 1.82) is 0 Å². The molecule has 0 saturated carbocycles. The fraction of sp³-hybridized carbons (Fsp3) is 0. The van der Waals surface area contributed by atoms with Crippen LogP contribution in [-0.2, 0) is 0 Å². The largest absolute Gasteiger partial charge is 0.396 e. The fourth-order valence-electron chi connectivity index (χ4n) is 2.00. The van der Waals surface area contributed by atoms with Gasteiger partial charge in [0.05, 0.1) is 16.8 Å². The zero-order chi connectivity index (χ0) is 13.6. The number of carbonyl (C=O) groups is 2. The molecule has 5 nitrogen and oxygen atoms in total. The number of amides is 2. The Morgan fingerprint density at radius 3 is 2.58 bits per heavy atom. The van der Waals surface area contributed by atoms with E-state index in [1.807, 2.05) is 0 Å². The summed E-state index contributed by atoms with van der Waals surface area (Å²) in [4.78, 5) is 29.6. The normalized spacial score (nSPS) is 13.8. The van der Waals surface area contributed by atoms with Crippen molar-refractivity contribution in [2.75, 3.05) is 10.6 Å². The number of aromatic nitrogens is 1. The van der Waals surface area contributed by atoms with E-state index in [1.165, 1.54) is 6.20 Å². The number of hydrogen-bond donors (Lipinski definition) is 1. The first-order valence-corrected chi connectivity index (χ1v) is 6.27. The molecule has 3 rings (SSSR count). The van der Waals surface area contributed by atoms with Crippen molar-refractivity contribution < 1.29 is 9.59 Å². The Kier molecular flexibility index (Phi) is 2.60. The third-order valence-electron chi connectivity index (χ3n) is 2.88. The molecule has 1 aliphatic rings. The predicted octanol–water partition coefficient (Wildman–Crippen LogP) is 2.23. The van der Waals surface area contributed by atoms with E-state index >= 15 is 0 Å². The predicted molar refractivity (Wildman–Crippen MR) is 73.9 cm³/mol. The highest BCUT2D eigenvalue weighted by molar-refractivity contribution is 9.10. The Morgan fingerprint density at radius 1 is 1.11 bits per heavy atom. The molecule has 0 bridgehead atoms. The van der Waals surface area contributed by atoms with Gasteiger partial charge in [-0.1, -0.05) is 15.9 Å². The number of rotatable bonds is 1. The molecule has 2 heterocycles. The van der Waals surface area contributed by atoms with Crippen LogP contribution in [0, 0.1) is 0 Å². The summed E-state index contributed by atoms with van der Waals surface area (Å²) in [6.45, 7) is 0. The number of halogens is 1. The van der Waals surface area contributed by atoms with Gasteiger partial charge in [-0.2, -0.15) is 0 Å². The van der Waals surface area contributed by atoms with Gasteiger partial charge in [0, 0.05) is 10.7 Å². The summed E-state index contributed by atoms with van der Waals surface area (Å²) in [5.74, 6) is -0.644. The van der Waals surface area contributed by atoms with Crippen molar-refractivity contribution in [1.82, 2.24) is 4.98 Å². The average Bonchev–Trinajstić information content (AvgIpc) is 2.63. The molecule has 2 aromatic rings. The Hall–Kier alpha value is -2.21. The standard InChI is InChI=1S/C13H8BrN3O2/c14-7-3-4-8-9(6-7)13(19)17(12(8)18)11-10(15)2-1-5-16-11/h1-6H,15H2. The van der Waals surface area contributed by atoms with E-state index in [0.717, 1.165) is 9.37 Å². The van der Waals surface area contributed by atoms with Crippen LogP contribution in [0.4, 0.5) is 11.5 Å². The molecule has 6 heteroatoms. The summed E-state index contributed by atoms with van der Waals surface area (Å²) in [6, 6.07) is 8.19. The van der Waals surface area contributed by atoms with Gasteiger partial charge in [0.25, 0.3) is 11.8 Å². The molecule has 1 aromatic heterocycles. The van der Waals surface area contributed by atoms with E-state index < -0.39 is 11.8 Å². The fourth-order valence-corrected chi connectivity index (χ4v) is 2.36. The zero-order valence-electron chi connectivity index (χ0n) is 9.63. The lowest BCUT2D eigenvalue weighted by molar-refractivity contribution is 0.0925. The van der Waals surface area contributed by atoms with Crippen molar-refractivity contribution in [2.24, 2.45) is 0 Å². The minimum Gasteiger partial charge on any atom is -0.396 e. The lowest BCUT2D eigenvalue weighted by Crippen LogP contribution is -2.30. The van der Waals surface area contributed by atoms with Gasteiger partial charge in [-0.15, -0.1) is 0 Å². The Balaban J connectivity index is 2.16. The van der Waals surface area contributed by atoms with Gasteiger partial charge in [-0.05, 0) is 30.3 Å². The monoisotopic (exact) mass is 317 g/mol. The minimum atomic E-state index is -0.410. The number of nitrogens with two attached hydrogens (primary N) is 1. The van der Waals surface area contributed by atoms with E-state index in [2.05, 4.69) is 20.9 Å². The van der Waals surface area contributed by atoms with E-state index in [0.29, 0.717) is 11.1 Å². The quantitative estimate of drug-likeness (QED) is 0.818. The number of imide groups is 1. The molecule has 0 saturated heterocycles. The van der Waals surface area contributed by atoms with Crippen LogP contribution in [0.3, 0.4) is 0 Å². The van der Waals surface area contributed by atoms with Crippen LogP contribution in [-0.4, -0.2) is 16.8 Å². The van der Waals surface area contributed by atoms with Crippen molar-refractivity contribution >= 4 is 39.2 Å². The SMILES string of the molecule is Nc1cccnc1N1C(=O)c2ccc(Br)cc2C1=O. The van der Waals surface area contributed by atoms with Crippen LogP contribution in [0.1, 0.15) is 20.7 Å². The van der Waals surface area contributed by atoms with Gasteiger partial charge in [0.2, 0.25) is 0 Å². The molecule has 19 heavy (non-hydrogen) atoms. The van der Waals surface area contributed by atoms with Gasteiger partial charge in [0.15, 0.2) is 5.82 Å². The minimum absolute atomic E-state index is 0.171. The number of nitrogens with zero attached hydrogens (tertiary/aromatic N) is 2. The first-order valence-electron chi connectivity index (χ1n) is 5.48.